The third-order valence-corrected chi connectivity index (χ3v) is 6.13. The Hall–Kier alpha value is -3.02. The van der Waals surface area contributed by atoms with Crippen LogP contribution >= 0.6 is 23.4 Å². The van der Waals surface area contributed by atoms with Crippen LogP contribution in [-0.4, -0.2) is 18.9 Å². The van der Waals surface area contributed by atoms with Gasteiger partial charge in [0.15, 0.2) is 0 Å². The number of amides is 2. The van der Waals surface area contributed by atoms with Gasteiger partial charge in [-0.15, -0.1) is 11.8 Å². The molecule has 3 aromatic carbocycles. The van der Waals surface area contributed by atoms with Gasteiger partial charge in [-0.05, 0) is 47.5 Å². The molecule has 0 spiro atoms. The molecule has 0 unspecified atom stereocenters. The van der Waals surface area contributed by atoms with Crippen LogP contribution in [0.25, 0.3) is 5.57 Å². The minimum atomic E-state index is -0.344. The van der Waals surface area contributed by atoms with Crippen molar-refractivity contribution in [1.82, 2.24) is 0 Å². The number of hydrogen-bond donors (Lipinski definition) is 0. The summed E-state index contributed by atoms with van der Waals surface area (Å²) >= 11 is 7.35. The molecule has 1 aliphatic heterocycles. The first-order chi connectivity index (χ1) is 14.6. The highest BCUT2D eigenvalue weighted by Crippen LogP contribution is 2.40. The van der Waals surface area contributed by atoms with Crippen LogP contribution in [0.5, 0.6) is 5.75 Å². The summed E-state index contributed by atoms with van der Waals surface area (Å²) in [5.74, 6) is 0.602. The van der Waals surface area contributed by atoms with E-state index >= 15 is 0 Å². The zero-order valence-electron chi connectivity index (χ0n) is 16.2. The van der Waals surface area contributed by atoms with Gasteiger partial charge in [-0.2, -0.15) is 0 Å². The number of nitrogens with zero attached hydrogens (tertiary/aromatic N) is 1. The molecule has 4 rings (SSSR count). The van der Waals surface area contributed by atoms with Gasteiger partial charge in [0.05, 0.1) is 23.3 Å². The van der Waals surface area contributed by atoms with E-state index in [1.165, 1.54) is 16.7 Å². The van der Waals surface area contributed by atoms with Gasteiger partial charge in [-0.3, -0.25) is 9.59 Å². The number of rotatable bonds is 6. The van der Waals surface area contributed by atoms with Crippen molar-refractivity contribution in [2.45, 2.75) is 5.75 Å². The van der Waals surface area contributed by atoms with Crippen LogP contribution in [0.2, 0.25) is 5.02 Å². The van der Waals surface area contributed by atoms with Crippen LogP contribution in [0, 0.1) is 0 Å². The van der Waals surface area contributed by atoms with Gasteiger partial charge in [0, 0.05) is 10.8 Å². The zero-order valence-corrected chi connectivity index (χ0v) is 17.7. The summed E-state index contributed by atoms with van der Waals surface area (Å²) in [6.45, 7) is 0. The molecule has 0 saturated heterocycles. The fourth-order valence-corrected chi connectivity index (χ4v) is 4.40. The lowest BCUT2D eigenvalue weighted by Gasteiger charge is -2.15. The van der Waals surface area contributed by atoms with Crippen LogP contribution in [-0.2, 0) is 15.3 Å². The molecule has 0 saturated carbocycles. The number of ether oxygens (including phenoxy) is 1. The van der Waals surface area contributed by atoms with Crippen molar-refractivity contribution in [3.05, 3.63) is 99.9 Å². The van der Waals surface area contributed by atoms with Crippen molar-refractivity contribution in [3.63, 3.8) is 0 Å². The summed E-state index contributed by atoms with van der Waals surface area (Å²) in [4.78, 5) is 28.3. The van der Waals surface area contributed by atoms with E-state index < -0.39 is 0 Å². The van der Waals surface area contributed by atoms with Crippen molar-refractivity contribution in [2.75, 3.05) is 12.0 Å². The Morgan fingerprint density at radius 1 is 0.867 bits per heavy atom. The fourth-order valence-electron chi connectivity index (χ4n) is 3.21. The number of carbonyl (C=O) groups is 2. The third kappa shape index (κ3) is 3.99. The Morgan fingerprint density at radius 3 is 2.17 bits per heavy atom. The lowest BCUT2D eigenvalue weighted by Crippen LogP contribution is -2.31. The number of thioether (sulfide) groups is 1. The molecule has 0 fully saturated rings. The van der Waals surface area contributed by atoms with E-state index in [9.17, 15) is 9.59 Å². The average molecular weight is 436 g/mol. The molecule has 2 amide bonds. The van der Waals surface area contributed by atoms with Gasteiger partial charge >= 0.3 is 0 Å². The Balaban J connectivity index is 1.73. The monoisotopic (exact) mass is 435 g/mol. The normalized spacial score (nSPS) is 13.9. The Bertz CT molecular complexity index is 1110. The smallest absolute Gasteiger partial charge is 0.272 e. The van der Waals surface area contributed by atoms with Crippen LogP contribution in [0.15, 0.2) is 83.8 Å². The summed E-state index contributed by atoms with van der Waals surface area (Å²) in [6, 6.07) is 23.7. The molecule has 3 aromatic rings. The zero-order chi connectivity index (χ0) is 21.1. The molecule has 1 heterocycles. The Kier molecular flexibility index (Phi) is 5.93. The lowest BCUT2D eigenvalue weighted by molar-refractivity contribution is -0.119. The largest absolute Gasteiger partial charge is 0.497 e. The SMILES string of the molecule is COc1ccc(C2=C(SCc3ccccc3)C(=O)N(c3ccc(Cl)cc3)C2=O)cc1. The standard InChI is InChI=1S/C24H18ClNO3S/c1-29-20-13-7-17(8-14-20)21-22(30-15-16-5-3-2-4-6-16)24(28)26(23(21)27)19-11-9-18(25)10-12-19/h2-14H,15H2,1H3. The molecule has 6 heteroatoms. The first-order valence-corrected chi connectivity index (χ1v) is 10.6. The Morgan fingerprint density at radius 2 is 1.53 bits per heavy atom. The minimum Gasteiger partial charge on any atom is -0.497 e. The highest BCUT2D eigenvalue weighted by Gasteiger charge is 2.40. The molecular formula is C24H18ClNO3S. The minimum absolute atomic E-state index is 0.325. The van der Waals surface area contributed by atoms with E-state index in [0.29, 0.717) is 38.3 Å². The van der Waals surface area contributed by atoms with E-state index in [-0.39, 0.29) is 11.8 Å². The van der Waals surface area contributed by atoms with Gasteiger partial charge in [-0.25, -0.2) is 4.90 Å². The van der Waals surface area contributed by atoms with Crippen LogP contribution < -0.4 is 9.64 Å². The molecule has 1 aliphatic rings. The highest BCUT2D eigenvalue weighted by molar-refractivity contribution is 8.03. The number of imide groups is 1. The number of anilines is 1. The average Bonchev–Trinajstić information content (AvgIpc) is 3.03. The predicted molar refractivity (Wildman–Crippen MR) is 122 cm³/mol. The summed E-state index contributed by atoms with van der Waals surface area (Å²) in [5.41, 5.74) is 2.66. The number of benzene rings is 3. The third-order valence-electron chi connectivity index (χ3n) is 4.73. The summed E-state index contributed by atoms with van der Waals surface area (Å²) in [7, 11) is 1.59. The molecule has 0 aliphatic carbocycles. The predicted octanol–water partition coefficient (Wildman–Crippen LogP) is 5.57. The van der Waals surface area contributed by atoms with Crippen LogP contribution in [0.4, 0.5) is 5.69 Å². The van der Waals surface area contributed by atoms with E-state index in [4.69, 9.17) is 16.3 Å². The highest BCUT2D eigenvalue weighted by atomic mass is 35.5. The van der Waals surface area contributed by atoms with E-state index in [1.54, 1.807) is 55.6 Å². The van der Waals surface area contributed by atoms with E-state index in [1.807, 2.05) is 30.3 Å². The summed E-state index contributed by atoms with van der Waals surface area (Å²) in [6.07, 6.45) is 0. The van der Waals surface area contributed by atoms with Gasteiger partial charge < -0.3 is 4.74 Å². The van der Waals surface area contributed by atoms with Crippen molar-refractivity contribution in [3.8, 4) is 5.75 Å². The molecule has 0 radical (unpaired) electrons. The number of hydrogen-bond acceptors (Lipinski definition) is 4. The Labute approximate surface area is 184 Å². The van der Waals surface area contributed by atoms with Crippen molar-refractivity contribution < 1.29 is 14.3 Å². The topological polar surface area (TPSA) is 46.6 Å². The molecule has 0 aromatic heterocycles. The number of carbonyl (C=O) groups excluding carboxylic acids is 2. The summed E-state index contributed by atoms with van der Waals surface area (Å²) < 4.78 is 5.22. The first-order valence-electron chi connectivity index (χ1n) is 9.28. The number of methoxy groups -OCH3 is 1. The maximum absolute atomic E-state index is 13.3. The van der Waals surface area contributed by atoms with Crippen LogP contribution in [0.3, 0.4) is 0 Å². The van der Waals surface area contributed by atoms with Crippen molar-refractivity contribution >= 4 is 46.4 Å². The molecule has 30 heavy (non-hydrogen) atoms. The second kappa shape index (κ2) is 8.78. The molecule has 4 nitrogen and oxygen atoms in total. The first kappa shape index (κ1) is 20.3. The molecule has 150 valence electrons. The van der Waals surface area contributed by atoms with Gasteiger partial charge in [0.2, 0.25) is 0 Å². The van der Waals surface area contributed by atoms with E-state index in [2.05, 4.69) is 0 Å². The lowest BCUT2D eigenvalue weighted by atomic mass is 10.1. The molecular weight excluding hydrogens is 418 g/mol. The van der Waals surface area contributed by atoms with Crippen LogP contribution in [0.1, 0.15) is 11.1 Å². The van der Waals surface area contributed by atoms with Crippen molar-refractivity contribution in [1.29, 1.82) is 0 Å². The second-order valence-electron chi connectivity index (χ2n) is 6.63. The molecule has 0 bridgehead atoms. The van der Waals surface area contributed by atoms with Gasteiger partial charge in [0.25, 0.3) is 11.8 Å². The second-order valence-corrected chi connectivity index (χ2v) is 8.05. The molecule has 0 atom stereocenters. The van der Waals surface area contributed by atoms with E-state index in [0.717, 1.165) is 5.56 Å². The fraction of sp³-hybridized carbons (Fsp3) is 0.0833. The van der Waals surface area contributed by atoms with Crippen molar-refractivity contribution in [2.24, 2.45) is 0 Å². The number of halogens is 1. The quantitative estimate of drug-likeness (QED) is 0.475. The van der Waals surface area contributed by atoms with Gasteiger partial charge in [-0.1, -0.05) is 54.1 Å². The summed E-state index contributed by atoms with van der Waals surface area (Å²) in [5, 5.41) is 0.542. The maximum atomic E-state index is 13.3. The van der Waals surface area contributed by atoms with Gasteiger partial charge in [0.1, 0.15) is 5.75 Å². The maximum Gasteiger partial charge on any atom is 0.272 e. The molecule has 0 N–H and O–H groups in total.